The number of carbonyl (C=O) groups excluding carboxylic acids is 2. The number of rotatable bonds is 5. The molecule has 1 heterocycles. The third kappa shape index (κ3) is 4.60. The Bertz CT molecular complexity index is 626. The first-order valence-corrected chi connectivity index (χ1v) is 8.31. The number of nitrogens with one attached hydrogen (secondary N) is 1. The molecule has 6 nitrogen and oxygen atoms in total. The Kier molecular flexibility index (Phi) is 6.46. The van der Waals surface area contributed by atoms with E-state index in [2.05, 4.69) is 5.32 Å². The Morgan fingerprint density at radius 3 is 2.79 bits per heavy atom. The summed E-state index contributed by atoms with van der Waals surface area (Å²) < 4.78 is 4.72. The van der Waals surface area contributed by atoms with Crippen LogP contribution in [0.15, 0.2) is 18.2 Å². The fraction of sp³-hybridized carbons (Fsp3) is 0.500. The van der Waals surface area contributed by atoms with Gasteiger partial charge in [-0.25, -0.2) is 0 Å². The molecule has 3 atom stereocenters. The van der Waals surface area contributed by atoms with Crippen molar-refractivity contribution in [2.75, 3.05) is 20.2 Å². The van der Waals surface area contributed by atoms with Crippen LogP contribution in [0.3, 0.4) is 0 Å². The Hall–Kier alpha value is -1.34. The van der Waals surface area contributed by atoms with Gasteiger partial charge in [-0.3, -0.25) is 14.5 Å². The molecule has 1 aromatic rings. The average molecular weight is 375 g/mol. The van der Waals surface area contributed by atoms with Crippen molar-refractivity contribution in [3.8, 4) is 0 Å². The minimum atomic E-state index is -0.648. The summed E-state index contributed by atoms with van der Waals surface area (Å²) in [5.74, 6) is -0.718. The fourth-order valence-electron chi connectivity index (χ4n) is 2.84. The van der Waals surface area contributed by atoms with Gasteiger partial charge in [-0.2, -0.15) is 0 Å². The molecule has 0 unspecified atom stereocenters. The van der Waals surface area contributed by atoms with E-state index in [9.17, 15) is 14.7 Å². The number of methoxy groups -OCH3 is 1. The van der Waals surface area contributed by atoms with Crippen LogP contribution in [0.4, 0.5) is 0 Å². The zero-order valence-corrected chi connectivity index (χ0v) is 15.0. The first-order chi connectivity index (χ1) is 11.3. The maximum absolute atomic E-state index is 12.3. The Morgan fingerprint density at radius 1 is 1.46 bits per heavy atom. The SMILES string of the molecule is COC(=O)[C@@H]1C[C@@H](O)CN1CC(=O)N[C@H](C)c1ccc(Cl)cc1Cl. The van der Waals surface area contributed by atoms with Crippen molar-refractivity contribution in [2.45, 2.75) is 31.5 Å². The van der Waals surface area contributed by atoms with Gasteiger partial charge < -0.3 is 15.2 Å². The van der Waals surface area contributed by atoms with Gasteiger partial charge in [-0.1, -0.05) is 29.3 Å². The summed E-state index contributed by atoms with van der Waals surface area (Å²) >= 11 is 12.0. The molecule has 0 aromatic heterocycles. The van der Waals surface area contributed by atoms with E-state index in [1.807, 2.05) is 6.92 Å². The molecule has 1 fully saturated rings. The lowest BCUT2D eigenvalue weighted by molar-refractivity contribution is -0.146. The maximum atomic E-state index is 12.3. The first-order valence-electron chi connectivity index (χ1n) is 7.56. The number of ether oxygens (including phenoxy) is 1. The number of amides is 1. The van der Waals surface area contributed by atoms with Crippen molar-refractivity contribution in [3.63, 3.8) is 0 Å². The van der Waals surface area contributed by atoms with Crippen LogP contribution in [0.25, 0.3) is 0 Å². The summed E-state index contributed by atoms with van der Waals surface area (Å²) in [6, 6.07) is 4.16. The van der Waals surface area contributed by atoms with E-state index in [1.54, 1.807) is 23.1 Å². The Balaban J connectivity index is 1.98. The Labute approximate surface area is 150 Å². The molecule has 24 heavy (non-hydrogen) atoms. The molecule has 1 amide bonds. The summed E-state index contributed by atoms with van der Waals surface area (Å²) in [6.07, 6.45) is -0.386. The summed E-state index contributed by atoms with van der Waals surface area (Å²) in [5.41, 5.74) is 0.750. The van der Waals surface area contributed by atoms with E-state index < -0.39 is 18.1 Å². The lowest BCUT2D eigenvalue weighted by atomic mass is 10.1. The summed E-state index contributed by atoms with van der Waals surface area (Å²) in [5, 5.41) is 13.6. The first kappa shape index (κ1) is 19.0. The number of aliphatic hydroxyl groups excluding tert-OH is 1. The number of hydrogen-bond donors (Lipinski definition) is 2. The number of aliphatic hydroxyl groups is 1. The molecule has 0 radical (unpaired) electrons. The van der Waals surface area contributed by atoms with Gasteiger partial charge in [0.2, 0.25) is 5.91 Å². The van der Waals surface area contributed by atoms with Gasteiger partial charge in [0.1, 0.15) is 6.04 Å². The lowest BCUT2D eigenvalue weighted by Crippen LogP contribution is -2.44. The highest BCUT2D eigenvalue weighted by molar-refractivity contribution is 6.35. The fourth-order valence-corrected chi connectivity index (χ4v) is 3.41. The van der Waals surface area contributed by atoms with E-state index >= 15 is 0 Å². The quantitative estimate of drug-likeness (QED) is 0.768. The number of nitrogens with zero attached hydrogens (tertiary/aromatic N) is 1. The van der Waals surface area contributed by atoms with Gasteiger partial charge in [0.05, 0.1) is 25.8 Å². The molecule has 8 heteroatoms. The van der Waals surface area contributed by atoms with Crippen LogP contribution in [0, 0.1) is 0 Å². The number of benzene rings is 1. The van der Waals surface area contributed by atoms with Crippen molar-refractivity contribution >= 4 is 35.1 Å². The smallest absolute Gasteiger partial charge is 0.323 e. The molecular formula is C16H20Cl2N2O4. The number of esters is 1. The van der Waals surface area contributed by atoms with Crippen LogP contribution in [-0.2, 0) is 14.3 Å². The zero-order valence-electron chi connectivity index (χ0n) is 13.5. The minimum absolute atomic E-state index is 0.00756. The zero-order chi connectivity index (χ0) is 17.9. The topological polar surface area (TPSA) is 78.9 Å². The van der Waals surface area contributed by atoms with Gasteiger partial charge in [0.15, 0.2) is 0 Å². The molecule has 0 saturated carbocycles. The highest BCUT2D eigenvalue weighted by Gasteiger charge is 2.37. The van der Waals surface area contributed by atoms with Crippen molar-refractivity contribution in [1.82, 2.24) is 10.2 Å². The van der Waals surface area contributed by atoms with Crippen LogP contribution in [0.2, 0.25) is 10.0 Å². The second-order valence-corrected chi connectivity index (χ2v) is 6.66. The highest BCUT2D eigenvalue weighted by atomic mass is 35.5. The molecule has 0 aliphatic carbocycles. The van der Waals surface area contributed by atoms with Crippen molar-refractivity contribution in [1.29, 1.82) is 0 Å². The van der Waals surface area contributed by atoms with E-state index in [4.69, 9.17) is 27.9 Å². The molecule has 2 rings (SSSR count). The van der Waals surface area contributed by atoms with Gasteiger partial charge in [-0.05, 0) is 24.6 Å². The molecule has 0 spiro atoms. The van der Waals surface area contributed by atoms with Crippen LogP contribution in [-0.4, -0.2) is 54.2 Å². The van der Waals surface area contributed by atoms with Crippen molar-refractivity contribution in [3.05, 3.63) is 33.8 Å². The van der Waals surface area contributed by atoms with Crippen molar-refractivity contribution in [2.24, 2.45) is 0 Å². The standard InChI is InChI=1S/C16H20Cl2N2O4/c1-9(12-4-3-10(17)5-13(12)18)19-15(22)8-20-7-11(21)6-14(20)16(23)24-2/h3-5,9,11,14,21H,6-8H2,1-2H3,(H,19,22)/t9-,11-,14+/m1/s1. The Morgan fingerprint density at radius 2 is 2.17 bits per heavy atom. The van der Waals surface area contributed by atoms with Crippen LogP contribution < -0.4 is 5.32 Å². The van der Waals surface area contributed by atoms with Gasteiger partial charge in [0.25, 0.3) is 0 Å². The molecule has 1 aromatic carbocycles. The van der Waals surface area contributed by atoms with E-state index in [-0.39, 0.29) is 31.5 Å². The average Bonchev–Trinajstić information content (AvgIpc) is 2.86. The molecule has 1 aliphatic heterocycles. The van der Waals surface area contributed by atoms with Gasteiger partial charge in [-0.15, -0.1) is 0 Å². The number of β-amino-alcohol motifs (C(OH)–C–C–N with tert-alkyl or cyclic N) is 1. The van der Waals surface area contributed by atoms with E-state index in [0.717, 1.165) is 5.56 Å². The molecule has 2 N–H and O–H groups in total. The van der Waals surface area contributed by atoms with Crippen LogP contribution in [0.5, 0.6) is 0 Å². The number of carbonyl (C=O) groups is 2. The van der Waals surface area contributed by atoms with Gasteiger partial charge in [0, 0.05) is 23.0 Å². The molecular weight excluding hydrogens is 355 g/mol. The van der Waals surface area contributed by atoms with Crippen LogP contribution >= 0.6 is 23.2 Å². The largest absolute Gasteiger partial charge is 0.468 e. The summed E-state index contributed by atoms with van der Waals surface area (Å²) in [7, 11) is 1.29. The second-order valence-electron chi connectivity index (χ2n) is 5.81. The number of hydrogen-bond acceptors (Lipinski definition) is 5. The second kappa shape index (κ2) is 8.16. The minimum Gasteiger partial charge on any atom is -0.468 e. The van der Waals surface area contributed by atoms with Crippen molar-refractivity contribution < 1.29 is 19.4 Å². The van der Waals surface area contributed by atoms with E-state index in [0.29, 0.717) is 10.0 Å². The third-order valence-corrected chi connectivity index (χ3v) is 4.57. The summed E-state index contributed by atoms with van der Waals surface area (Å²) in [6.45, 7) is 2.05. The predicted molar refractivity (Wildman–Crippen MR) is 91.0 cm³/mol. The normalized spacial score (nSPS) is 22.2. The number of likely N-dealkylation sites (tertiary alicyclic amines) is 1. The lowest BCUT2D eigenvalue weighted by Gasteiger charge is -2.23. The summed E-state index contributed by atoms with van der Waals surface area (Å²) in [4.78, 5) is 25.6. The molecule has 1 aliphatic rings. The van der Waals surface area contributed by atoms with Gasteiger partial charge >= 0.3 is 5.97 Å². The molecule has 132 valence electrons. The van der Waals surface area contributed by atoms with E-state index in [1.165, 1.54) is 7.11 Å². The highest BCUT2D eigenvalue weighted by Crippen LogP contribution is 2.26. The molecule has 1 saturated heterocycles. The number of halogens is 2. The monoisotopic (exact) mass is 374 g/mol. The van der Waals surface area contributed by atoms with Crippen LogP contribution in [0.1, 0.15) is 24.9 Å². The maximum Gasteiger partial charge on any atom is 0.323 e. The molecule has 0 bridgehead atoms. The predicted octanol–water partition coefficient (Wildman–Crippen LogP) is 1.78. The third-order valence-electron chi connectivity index (χ3n) is 4.01.